The van der Waals surface area contributed by atoms with Gasteiger partial charge in [-0.25, -0.2) is 0 Å². The minimum absolute atomic E-state index is 0.639. The third-order valence-electron chi connectivity index (χ3n) is 2.67. The molecular formula is C15H27NO. The van der Waals surface area contributed by atoms with Gasteiger partial charge >= 0.3 is 0 Å². The standard InChI is InChI=1S/C11H15NO.2C2H6/c13-11(7-4-8-12-9-11)10-5-2-1-3-6-10;2*1-2/h1-3,5-6,12-13H,4,7-9H2;2*1-2H3. The maximum atomic E-state index is 10.3. The van der Waals surface area contributed by atoms with E-state index in [1.54, 1.807) is 0 Å². The van der Waals surface area contributed by atoms with Crippen LogP contribution in [0.1, 0.15) is 46.1 Å². The van der Waals surface area contributed by atoms with E-state index >= 15 is 0 Å². The smallest absolute Gasteiger partial charge is 0.102 e. The van der Waals surface area contributed by atoms with Crippen LogP contribution in [-0.4, -0.2) is 18.2 Å². The number of aliphatic hydroxyl groups is 1. The Balaban J connectivity index is 0.000000581. The Bertz CT molecular complexity index is 266. The fourth-order valence-corrected chi connectivity index (χ4v) is 1.88. The van der Waals surface area contributed by atoms with Gasteiger partial charge in [0, 0.05) is 6.54 Å². The molecule has 1 aromatic carbocycles. The van der Waals surface area contributed by atoms with Crippen LogP contribution in [-0.2, 0) is 5.60 Å². The van der Waals surface area contributed by atoms with E-state index in [9.17, 15) is 5.11 Å². The van der Waals surface area contributed by atoms with Crippen LogP contribution < -0.4 is 5.32 Å². The van der Waals surface area contributed by atoms with Gasteiger partial charge in [-0.3, -0.25) is 0 Å². The van der Waals surface area contributed by atoms with Gasteiger partial charge in [-0.15, -0.1) is 0 Å². The summed E-state index contributed by atoms with van der Waals surface area (Å²) in [5.74, 6) is 0. The van der Waals surface area contributed by atoms with E-state index in [1.165, 1.54) is 0 Å². The Kier molecular flexibility index (Phi) is 8.73. The zero-order chi connectivity index (χ0) is 13.1. The quantitative estimate of drug-likeness (QED) is 0.785. The molecule has 1 aliphatic heterocycles. The molecule has 0 saturated carbocycles. The molecule has 1 fully saturated rings. The van der Waals surface area contributed by atoms with Crippen molar-refractivity contribution in [3.63, 3.8) is 0 Å². The zero-order valence-electron chi connectivity index (χ0n) is 11.7. The van der Waals surface area contributed by atoms with E-state index in [0.717, 1.165) is 24.9 Å². The normalized spacial score (nSPS) is 22.6. The minimum Gasteiger partial charge on any atom is -0.384 e. The van der Waals surface area contributed by atoms with Crippen molar-refractivity contribution >= 4 is 0 Å². The highest BCUT2D eigenvalue weighted by Crippen LogP contribution is 2.27. The number of piperidine rings is 1. The summed E-state index contributed by atoms with van der Waals surface area (Å²) in [5.41, 5.74) is 0.390. The highest BCUT2D eigenvalue weighted by Gasteiger charge is 2.30. The fourth-order valence-electron chi connectivity index (χ4n) is 1.88. The predicted octanol–water partition coefficient (Wildman–Crippen LogP) is 3.31. The van der Waals surface area contributed by atoms with Gasteiger partial charge in [-0.1, -0.05) is 58.0 Å². The molecule has 2 N–H and O–H groups in total. The van der Waals surface area contributed by atoms with Crippen molar-refractivity contribution in [3.05, 3.63) is 35.9 Å². The topological polar surface area (TPSA) is 32.3 Å². The van der Waals surface area contributed by atoms with Gasteiger partial charge < -0.3 is 10.4 Å². The Morgan fingerprint density at radius 2 is 1.65 bits per heavy atom. The molecule has 1 unspecified atom stereocenters. The summed E-state index contributed by atoms with van der Waals surface area (Å²) in [6, 6.07) is 9.91. The Morgan fingerprint density at radius 1 is 1.06 bits per heavy atom. The van der Waals surface area contributed by atoms with Crippen LogP contribution in [0, 0.1) is 0 Å². The molecule has 1 atom stereocenters. The summed E-state index contributed by atoms with van der Waals surface area (Å²) >= 11 is 0. The van der Waals surface area contributed by atoms with E-state index < -0.39 is 5.60 Å². The van der Waals surface area contributed by atoms with E-state index in [1.807, 2.05) is 58.0 Å². The second-order valence-corrected chi connectivity index (χ2v) is 3.68. The number of hydrogen-bond donors (Lipinski definition) is 2. The number of rotatable bonds is 1. The maximum absolute atomic E-state index is 10.3. The van der Waals surface area contributed by atoms with Crippen LogP contribution in [0.15, 0.2) is 30.3 Å². The average Bonchev–Trinajstić information content (AvgIpc) is 2.45. The van der Waals surface area contributed by atoms with Gasteiger partial charge in [0.2, 0.25) is 0 Å². The summed E-state index contributed by atoms with van der Waals surface area (Å²) in [4.78, 5) is 0. The van der Waals surface area contributed by atoms with E-state index in [0.29, 0.717) is 6.54 Å². The van der Waals surface area contributed by atoms with Gasteiger partial charge in [-0.05, 0) is 24.9 Å². The zero-order valence-corrected chi connectivity index (χ0v) is 11.7. The highest BCUT2D eigenvalue weighted by atomic mass is 16.3. The molecule has 1 aliphatic rings. The van der Waals surface area contributed by atoms with Crippen LogP contribution in [0.25, 0.3) is 0 Å². The fraction of sp³-hybridized carbons (Fsp3) is 0.600. The second-order valence-electron chi connectivity index (χ2n) is 3.68. The molecule has 0 spiro atoms. The molecule has 2 rings (SSSR count). The first-order chi connectivity index (χ1) is 8.31. The highest BCUT2D eigenvalue weighted by molar-refractivity contribution is 5.23. The molecule has 98 valence electrons. The van der Waals surface area contributed by atoms with Crippen molar-refractivity contribution in [1.82, 2.24) is 5.32 Å². The molecule has 2 heteroatoms. The van der Waals surface area contributed by atoms with Crippen molar-refractivity contribution < 1.29 is 5.11 Å². The van der Waals surface area contributed by atoms with E-state index in [-0.39, 0.29) is 0 Å². The van der Waals surface area contributed by atoms with Crippen LogP contribution in [0.5, 0.6) is 0 Å². The molecular weight excluding hydrogens is 210 g/mol. The van der Waals surface area contributed by atoms with Crippen LogP contribution >= 0.6 is 0 Å². The van der Waals surface area contributed by atoms with Crippen LogP contribution in [0.3, 0.4) is 0 Å². The predicted molar refractivity (Wildman–Crippen MR) is 75.1 cm³/mol. The lowest BCUT2D eigenvalue weighted by molar-refractivity contribution is 0.0123. The molecule has 1 aromatic rings. The van der Waals surface area contributed by atoms with E-state index in [2.05, 4.69) is 5.32 Å². The lowest BCUT2D eigenvalue weighted by Crippen LogP contribution is -2.43. The summed E-state index contributed by atoms with van der Waals surface area (Å²) < 4.78 is 0. The van der Waals surface area contributed by atoms with Crippen molar-refractivity contribution in [3.8, 4) is 0 Å². The van der Waals surface area contributed by atoms with Crippen molar-refractivity contribution in [1.29, 1.82) is 0 Å². The van der Waals surface area contributed by atoms with Crippen molar-refractivity contribution in [2.75, 3.05) is 13.1 Å². The summed E-state index contributed by atoms with van der Waals surface area (Å²) in [6.45, 7) is 9.70. The second kappa shape index (κ2) is 9.20. The molecule has 0 aromatic heterocycles. The first-order valence-electron chi connectivity index (χ1n) is 6.80. The monoisotopic (exact) mass is 237 g/mol. The maximum Gasteiger partial charge on any atom is 0.102 e. The number of benzene rings is 1. The summed E-state index contributed by atoms with van der Waals surface area (Å²) in [6.07, 6.45) is 1.91. The SMILES string of the molecule is CC.CC.OC1(c2ccccc2)CCCNC1. The third kappa shape index (κ3) is 4.88. The third-order valence-corrected chi connectivity index (χ3v) is 2.67. The van der Waals surface area contributed by atoms with Gasteiger partial charge in [0.25, 0.3) is 0 Å². The molecule has 17 heavy (non-hydrogen) atoms. The average molecular weight is 237 g/mol. The molecule has 0 radical (unpaired) electrons. The van der Waals surface area contributed by atoms with Crippen molar-refractivity contribution in [2.45, 2.75) is 46.1 Å². The molecule has 2 nitrogen and oxygen atoms in total. The molecule has 1 saturated heterocycles. The lowest BCUT2D eigenvalue weighted by atomic mass is 9.87. The van der Waals surface area contributed by atoms with Crippen LogP contribution in [0.2, 0.25) is 0 Å². The number of hydrogen-bond acceptors (Lipinski definition) is 2. The first-order valence-corrected chi connectivity index (χ1v) is 6.80. The van der Waals surface area contributed by atoms with Gasteiger partial charge in [0.15, 0.2) is 0 Å². The molecule has 0 aliphatic carbocycles. The number of β-amino-alcohol motifs (C(OH)–C–C–N with tert-alkyl or cyclic N) is 1. The Labute approximate surface area is 106 Å². The lowest BCUT2D eigenvalue weighted by Gasteiger charge is -2.33. The first kappa shape index (κ1) is 16.1. The van der Waals surface area contributed by atoms with Crippen molar-refractivity contribution in [2.24, 2.45) is 0 Å². The number of nitrogens with one attached hydrogen (secondary N) is 1. The molecule has 0 bridgehead atoms. The van der Waals surface area contributed by atoms with Gasteiger partial charge in [0.05, 0.1) is 0 Å². The molecule has 1 heterocycles. The Hall–Kier alpha value is -0.860. The van der Waals surface area contributed by atoms with Gasteiger partial charge in [-0.2, -0.15) is 0 Å². The van der Waals surface area contributed by atoms with Gasteiger partial charge in [0.1, 0.15) is 5.60 Å². The molecule has 0 amide bonds. The van der Waals surface area contributed by atoms with E-state index in [4.69, 9.17) is 0 Å². The van der Waals surface area contributed by atoms with Crippen LogP contribution in [0.4, 0.5) is 0 Å². The largest absolute Gasteiger partial charge is 0.384 e. The summed E-state index contributed by atoms with van der Waals surface area (Å²) in [5, 5.41) is 13.5. The minimum atomic E-state index is -0.639. The Morgan fingerprint density at radius 3 is 2.12 bits per heavy atom. The summed E-state index contributed by atoms with van der Waals surface area (Å²) in [7, 11) is 0.